The number of H-pyrrole nitrogens is 2. The van der Waals surface area contributed by atoms with Gasteiger partial charge in [-0.1, -0.05) is 0 Å². The Balaban J connectivity index is 1.70. The van der Waals surface area contributed by atoms with Crippen LogP contribution in [0, 0.1) is 13.8 Å². The molecule has 2 N–H and O–H groups in total. The minimum Gasteiger partial charge on any atom is -0.377 e. The number of carbonyl (C=O) groups is 1. The highest BCUT2D eigenvalue weighted by atomic mass is 16.5. The third kappa shape index (κ3) is 2.37. The first-order chi connectivity index (χ1) is 11.6. The summed E-state index contributed by atoms with van der Waals surface area (Å²) < 4.78 is 5.53. The Kier molecular flexibility index (Phi) is 3.57. The molecule has 4 rings (SSSR count). The number of benzene rings is 1. The van der Waals surface area contributed by atoms with Crippen LogP contribution in [-0.2, 0) is 4.74 Å². The van der Waals surface area contributed by atoms with Crippen LogP contribution in [0.5, 0.6) is 0 Å². The third-order valence-electron chi connectivity index (χ3n) is 4.69. The van der Waals surface area contributed by atoms with Crippen LogP contribution in [0.15, 0.2) is 24.5 Å². The Labute approximate surface area is 139 Å². The van der Waals surface area contributed by atoms with E-state index >= 15 is 0 Å². The average Bonchev–Trinajstić information content (AvgIpc) is 3.23. The highest BCUT2D eigenvalue weighted by molar-refractivity contribution is 5.99. The molecule has 1 amide bonds. The van der Waals surface area contributed by atoms with Crippen molar-refractivity contribution >= 4 is 16.8 Å². The van der Waals surface area contributed by atoms with Crippen LogP contribution in [0.25, 0.3) is 10.9 Å². The third-order valence-corrected chi connectivity index (χ3v) is 4.69. The zero-order valence-corrected chi connectivity index (χ0v) is 13.7. The van der Waals surface area contributed by atoms with Crippen LogP contribution >= 0.6 is 0 Å². The summed E-state index contributed by atoms with van der Waals surface area (Å²) in [6, 6.07) is 5.56. The Morgan fingerprint density at radius 2 is 2.25 bits per heavy atom. The topological polar surface area (TPSA) is 86.9 Å². The summed E-state index contributed by atoms with van der Waals surface area (Å²) in [6.45, 7) is 5.59. The summed E-state index contributed by atoms with van der Waals surface area (Å²) in [4.78, 5) is 22.4. The van der Waals surface area contributed by atoms with E-state index in [1.165, 1.54) is 11.9 Å². The second-order valence-electron chi connectivity index (χ2n) is 6.10. The van der Waals surface area contributed by atoms with Gasteiger partial charge < -0.3 is 14.6 Å². The molecule has 24 heavy (non-hydrogen) atoms. The van der Waals surface area contributed by atoms with Gasteiger partial charge in [-0.2, -0.15) is 5.10 Å². The van der Waals surface area contributed by atoms with Crippen molar-refractivity contribution < 1.29 is 9.53 Å². The number of fused-ring (bicyclic) bond motifs is 1. The van der Waals surface area contributed by atoms with Crippen molar-refractivity contribution in [2.45, 2.75) is 19.9 Å². The average molecular weight is 325 g/mol. The maximum Gasteiger partial charge on any atom is 0.254 e. The van der Waals surface area contributed by atoms with E-state index in [0.29, 0.717) is 31.1 Å². The van der Waals surface area contributed by atoms with Gasteiger partial charge in [0.15, 0.2) is 0 Å². The second kappa shape index (κ2) is 5.76. The Hall–Kier alpha value is -2.67. The zero-order valence-electron chi connectivity index (χ0n) is 13.7. The summed E-state index contributed by atoms with van der Waals surface area (Å²) in [5.74, 6) is 0.637. The van der Waals surface area contributed by atoms with Crippen molar-refractivity contribution in [1.82, 2.24) is 25.1 Å². The van der Waals surface area contributed by atoms with E-state index < -0.39 is 0 Å². The van der Waals surface area contributed by atoms with Crippen molar-refractivity contribution in [3.05, 3.63) is 47.2 Å². The number of aromatic nitrogens is 4. The standard InChI is InChI=1S/C17H19N5O2/c1-10-11(2)20-14-4-3-12(7-13(10)14)17(23)22-5-6-24-8-15(22)16-18-9-19-21-16/h3-4,7,9,15,20H,5-6,8H2,1-2H3,(H,18,19,21). The quantitative estimate of drug-likeness (QED) is 0.755. The number of aromatic amines is 2. The Bertz CT molecular complexity index is 884. The first-order valence-electron chi connectivity index (χ1n) is 7.98. The fraction of sp³-hybridized carbons (Fsp3) is 0.353. The number of hydrogen-bond donors (Lipinski definition) is 2. The lowest BCUT2D eigenvalue weighted by Crippen LogP contribution is -2.43. The SMILES string of the molecule is Cc1[nH]c2ccc(C(=O)N3CCOCC3c3ncn[nH]3)cc2c1C. The van der Waals surface area contributed by atoms with Crippen LogP contribution in [0.3, 0.4) is 0 Å². The van der Waals surface area contributed by atoms with E-state index in [-0.39, 0.29) is 11.9 Å². The number of aryl methyl sites for hydroxylation is 2. The van der Waals surface area contributed by atoms with Crippen LogP contribution in [0.2, 0.25) is 0 Å². The molecule has 7 heteroatoms. The van der Waals surface area contributed by atoms with Gasteiger partial charge in [0.2, 0.25) is 0 Å². The molecule has 1 fully saturated rings. The molecule has 1 saturated heterocycles. The van der Waals surface area contributed by atoms with Gasteiger partial charge in [-0.25, -0.2) is 4.98 Å². The van der Waals surface area contributed by atoms with Crippen LogP contribution < -0.4 is 0 Å². The van der Waals surface area contributed by atoms with Gasteiger partial charge in [-0.3, -0.25) is 9.89 Å². The summed E-state index contributed by atoms with van der Waals surface area (Å²) >= 11 is 0. The molecule has 3 aromatic rings. The van der Waals surface area contributed by atoms with E-state index in [1.807, 2.05) is 25.1 Å². The molecule has 0 aliphatic carbocycles. The molecule has 0 saturated carbocycles. The molecule has 7 nitrogen and oxygen atoms in total. The Morgan fingerprint density at radius 3 is 3.04 bits per heavy atom. The summed E-state index contributed by atoms with van der Waals surface area (Å²) in [5, 5.41) is 7.82. The van der Waals surface area contributed by atoms with Crippen LogP contribution in [0.1, 0.15) is 33.5 Å². The van der Waals surface area contributed by atoms with E-state index in [4.69, 9.17) is 4.74 Å². The Morgan fingerprint density at radius 1 is 1.38 bits per heavy atom. The van der Waals surface area contributed by atoms with Gasteiger partial charge in [0.05, 0.1) is 13.2 Å². The van der Waals surface area contributed by atoms with Crippen molar-refractivity contribution in [2.24, 2.45) is 0 Å². The summed E-state index contributed by atoms with van der Waals surface area (Å²) in [6.07, 6.45) is 1.45. The summed E-state index contributed by atoms with van der Waals surface area (Å²) in [7, 11) is 0. The predicted molar refractivity (Wildman–Crippen MR) is 88.8 cm³/mol. The number of hydrogen-bond acceptors (Lipinski definition) is 4. The second-order valence-corrected chi connectivity index (χ2v) is 6.10. The lowest BCUT2D eigenvalue weighted by molar-refractivity contribution is -0.00511. The molecule has 0 spiro atoms. The highest BCUT2D eigenvalue weighted by Crippen LogP contribution is 2.26. The number of nitrogens with zero attached hydrogens (tertiary/aromatic N) is 3. The van der Waals surface area contributed by atoms with Gasteiger partial charge in [0, 0.05) is 28.7 Å². The fourth-order valence-corrected chi connectivity index (χ4v) is 3.21. The molecule has 1 unspecified atom stereocenters. The molecule has 1 aliphatic rings. The number of morpholine rings is 1. The van der Waals surface area contributed by atoms with Crippen molar-refractivity contribution in [1.29, 1.82) is 0 Å². The van der Waals surface area contributed by atoms with E-state index in [2.05, 4.69) is 27.1 Å². The molecular weight excluding hydrogens is 306 g/mol. The number of ether oxygens (including phenoxy) is 1. The number of amides is 1. The molecule has 2 aromatic heterocycles. The van der Waals surface area contributed by atoms with Crippen molar-refractivity contribution in [3.8, 4) is 0 Å². The van der Waals surface area contributed by atoms with E-state index in [0.717, 1.165) is 16.6 Å². The monoisotopic (exact) mass is 325 g/mol. The largest absolute Gasteiger partial charge is 0.377 e. The number of rotatable bonds is 2. The van der Waals surface area contributed by atoms with Gasteiger partial charge in [-0.05, 0) is 37.6 Å². The van der Waals surface area contributed by atoms with Gasteiger partial charge in [-0.15, -0.1) is 0 Å². The zero-order chi connectivity index (χ0) is 16.7. The lowest BCUT2D eigenvalue weighted by atomic mass is 10.1. The smallest absolute Gasteiger partial charge is 0.254 e. The van der Waals surface area contributed by atoms with E-state index in [1.54, 1.807) is 4.90 Å². The van der Waals surface area contributed by atoms with Gasteiger partial charge >= 0.3 is 0 Å². The normalized spacial score (nSPS) is 18.2. The van der Waals surface area contributed by atoms with Crippen molar-refractivity contribution in [3.63, 3.8) is 0 Å². The van der Waals surface area contributed by atoms with Crippen LogP contribution in [-0.4, -0.2) is 50.7 Å². The molecule has 124 valence electrons. The maximum absolute atomic E-state index is 13.1. The highest BCUT2D eigenvalue weighted by Gasteiger charge is 2.31. The molecule has 1 aromatic carbocycles. The van der Waals surface area contributed by atoms with E-state index in [9.17, 15) is 4.79 Å². The lowest BCUT2D eigenvalue weighted by Gasteiger charge is -2.34. The molecular formula is C17H19N5O2. The molecule has 0 radical (unpaired) electrons. The number of nitrogens with one attached hydrogen (secondary N) is 2. The molecule has 1 aliphatic heterocycles. The van der Waals surface area contributed by atoms with Crippen LogP contribution in [0.4, 0.5) is 0 Å². The van der Waals surface area contributed by atoms with Crippen molar-refractivity contribution in [2.75, 3.05) is 19.8 Å². The minimum absolute atomic E-state index is 0.0140. The first-order valence-corrected chi connectivity index (χ1v) is 7.98. The first kappa shape index (κ1) is 14.9. The minimum atomic E-state index is -0.237. The number of carbonyl (C=O) groups excluding carboxylic acids is 1. The molecule has 0 bridgehead atoms. The fourth-order valence-electron chi connectivity index (χ4n) is 3.21. The predicted octanol–water partition coefficient (Wildman–Crippen LogP) is 2.12. The molecule has 3 heterocycles. The molecule has 1 atom stereocenters. The van der Waals surface area contributed by atoms with Gasteiger partial charge in [0.1, 0.15) is 18.2 Å². The maximum atomic E-state index is 13.1. The van der Waals surface area contributed by atoms with Gasteiger partial charge in [0.25, 0.3) is 5.91 Å². The summed E-state index contributed by atoms with van der Waals surface area (Å²) in [5.41, 5.74) is 4.03.